The molecule has 0 amide bonds. The Hall–Kier alpha value is -1.73. The lowest BCUT2D eigenvalue weighted by molar-refractivity contribution is 0.100. The van der Waals surface area contributed by atoms with Crippen LogP contribution in [-0.4, -0.2) is 20.8 Å². The molecular formula is C13H15NO3. The van der Waals surface area contributed by atoms with E-state index in [1.54, 1.807) is 20.3 Å². The number of benzene rings is 1. The number of rotatable bonds is 3. The van der Waals surface area contributed by atoms with Crippen molar-refractivity contribution in [3.8, 4) is 17.6 Å². The molecule has 1 aliphatic rings. The first-order valence-electron chi connectivity index (χ1n) is 5.52. The Kier molecular flexibility index (Phi) is 3.50. The molecule has 1 saturated heterocycles. The molecule has 2 rings (SSSR count). The molecule has 0 N–H and O–H groups in total. The van der Waals surface area contributed by atoms with Crippen molar-refractivity contribution in [2.75, 3.05) is 20.8 Å². The number of methoxy groups -OCH3 is 2. The summed E-state index contributed by atoms with van der Waals surface area (Å²) in [6, 6.07) is 7.87. The van der Waals surface area contributed by atoms with Crippen LogP contribution in [0.2, 0.25) is 0 Å². The lowest BCUT2D eigenvalue weighted by Gasteiger charge is -2.15. The van der Waals surface area contributed by atoms with Crippen LogP contribution in [0, 0.1) is 17.2 Å². The van der Waals surface area contributed by atoms with Gasteiger partial charge in [-0.3, -0.25) is 0 Å². The fourth-order valence-corrected chi connectivity index (χ4v) is 2.04. The summed E-state index contributed by atoms with van der Waals surface area (Å²) < 4.78 is 16.0. The van der Waals surface area contributed by atoms with E-state index in [-0.39, 0.29) is 12.0 Å². The molecular weight excluding hydrogens is 218 g/mol. The molecule has 2 atom stereocenters. The maximum Gasteiger partial charge on any atom is 0.122 e. The normalized spacial score (nSPS) is 23.1. The molecule has 0 spiro atoms. The minimum absolute atomic E-state index is 0.0909. The van der Waals surface area contributed by atoms with Gasteiger partial charge in [-0.05, 0) is 24.1 Å². The van der Waals surface area contributed by atoms with E-state index in [0.717, 1.165) is 12.0 Å². The van der Waals surface area contributed by atoms with Crippen LogP contribution in [0.1, 0.15) is 18.1 Å². The van der Waals surface area contributed by atoms with Crippen molar-refractivity contribution in [1.82, 2.24) is 0 Å². The monoisotopic (exact) mass is 233 g/mol. The van der Waals surface area contributed by atoms with E-state index in [4.69, 9.17) is 19.5 Å². The average Bonchev–Trinajstić information content (AvgIpc) is 2.86. The molecule has 1 aromatic rings. The van der Waals surface area contributed by atoms with E-state index in [9.17, 15) is 0 Å². The van der Waals surface area contributed by atoms with Crippen molar-refractivity contribution in [3.63, 3.8) is 0 Å². The quantitative estimate of drug-likeness (QED) is 0.803. The topological polar surface area (TPSA) is 51.5 Å². The molecule has 0 saturated carbocycles. The van der Waals surface area contributed by atoms with Crippen molar-refractivity contribution in [1.29, 1.82) is 5.26 Å². The Labute approximate surface area is 101 Å². The third-order valence-corrected chi connectivity index (χ3v) is 2.96. The van der Waals surface area contributed by atoms with Crippen LogP contribution < -0.4 is 9.47 Å². The number of ether oxygens (including phenoxy) is 3. The minimum atomic E-state index is -0.177. The van der Waals surface area contributed by atoms with Gasteiger partial charge in [-0.25, -0.2) is 0 Å². The van der Waals surface area contributed by atoms with Gasteiger partial charge in [0.25, 0.3) is 0 Å². The van der Waals surface area contributed by atoms with Gasteiger partial charge < -0.3 is 14.2 Å². The highest BCUT2D eigenvalue weighted by Gasteiger charge is 2.30. The molecule has 4 nitrogen and oxygen atoms in total. The van der Waals surface area contributed by atoms with Gasteiger partial charge in [-0.15, -0.1) is 0 Å². The van der Waals surface area contributed by atoms with Gasteiger partial charge in [0.15, 0.2) is 0 Å². The van der Waals surface area contributed by atoms with E-state index >= 15 is 0 Å². The maximum absolute atomic E-state index is 9.06. The molecule has 1 heterocycles. The molecule has 0 bridgehead atoms. The molecule has 1 aliphatic heterocycles. The van der Waals surface area contributed by atoms with E-state index in [1.165, 1.54) is 0 Å². The summed E-state index contributed by atoms with van der Waals surface area (Å²) in [5.41, 5.74) is 0.935. The predicted octanol–water partition coefficient (Wildman–Crippen LogP) is 2.30. The summed E-state index contributed by atoms with van der Waals surface area (Å²) in [4.78, 5) is 0. The second-order valence-corrected chi connectivity index (χ2v) is 3.96. The van der Waals surface area contributed by atoms with Crippen molar-refractivity contribution in [2.45, 2.75) is 12.5 Å². The predicted molar refractivity (Wildman–Crippen MR) is 62.0 cm³/mol. The zero-order chi connectivity index (χ0) is 12.3. The molecule has 1 fully saturated rings. The highest BCUT2D eigenvalue weighted by Crippen LogP contribution is 2.37. The fourth-order valence-electron chi connectivity index (χ4n) is 2.04. The number of hydrogen-bond donors (Lipinski definition) is 0. The Morgan fingerprint density at radius 1 is 1.24 bits per heavy atom. The first-order valence-corrected chi connectivity index (χ1v) is 5.52. The summed E-state index contributed by atoms with van der Waals surface area (Å²) in [5.74, 6) is 1.34. The molecule has 0 aromatic heterocycles. The van der Waals surface area contributed by atoms with Crippen molar-refractivity contribution in [2.24, 2.45) is 5.92 Å². The molecule has 4 heteroatoms. The summed E-state index contributed by atoms with van der Waals surface area (Å²) in [6.45, 7) is 0.627. The van der Waals surface area contributed by atoms with E-state index in [1.807, 2.05) is 12.1 Å². The van der Waals surface area contributed by atoms with Crippen LogP contribution in [0.4, 0.5) is 0 Å². The summed E-state index contributed by atoms with van der Waals surface area (Å²) in [5, 5.41) is 9.06. The molecule has 1 aromatic carbocycles. The van der Waals surface area contributed by atoms with Crippen molar-refractivity contribution < 1.29 is 14.2 Å². The van der Waals surface area contributed by atoms with Crippen LogP contribution in [0.3, 0.4) is 0 Å². The first-order chi connectivity index (χ1) is 8.28. The van der Waals surface area contributed by atoms with Gasteiger partial charge in [-0.1, -0.05) is 0 Å². The number of hydrogen-bond acceptors (Lipinski definition) is 4. The molecule has 0 radical (unpaired) electrons. The Morgan fingerprint density at radius 3 is 2.41 bits per heavy atom. The summed E-state index contributed by atoms with van der Waals surface area (Å²) in [6.07, 6.45) is 0.602. The van der Waals surface area contributed by atoms with E-state index in [0.29, 0.717) is 18.1 Å². The Bertz CT molecular complexity index is 417. The standard InChI is InChI=1S/C13H15NO3/c1-15-11-5-10(6-12(7-11)16-2)13-9(8-14)3-4-17-13/h5-7,9,13H,3-4H2,1-2H3. The Balaban J connectivity index is 2.34. The van der Waals surface area contributed by atoms with Gasteiger partial charge in [0.2, 0.25) is 0 Å². The van der Waals surface area contributed by atoms with Crippen LogP contribution in [0.25, 0.3) is 0 Å². The first kappa shape index (κ1) is 11.7. The van der Waals surface area contributed by atoms with Crippen molar-refractivity contribution >= 4 is 0 Å². The van der Waals surface area contributed by atoms with Gasteiger partial charge in [-0.2, -0.15) is 5.26 Å². The van der Waals surface area contributed by atoms with Crippen LogP contribution in [0.15, 0.2) is 18.2 Å². The second-order valence-electron chi connectivity index (χ2n) is 3.96. The highest BCUT2D eigenvalue weighted by molar-refractivity contribution is 5.40. The SMILES string of the molecule is COc1cc(OC)cc(C2OCCC2C#N)c1. The third kappa shape index (κ3) is 2.34. The molecule has 2 unspecified atom stereocenters. The molecule has 17 heavy (non-hydrogen) atoms. The smallest absolute Gasteiger partial charge is 0.122 e. The lowest BCUT2D eigenvalue weighted by atomic mass is 9.96. The second kappa shape index (κ2) is 5.07. The molecule has 0 aliphatic carbocycles. The zero-order valence-electron chi connectivity index (χ0n) is 9.97. The zero-order valence-corrected chi connectivity index (χ0v) is 9.97. The van der Waals surface area contributed by atoms with Gasteiger partial charge in [0.05, 0.1) is 32.3 Å². The Morgan fingerprint density at radius 2 is 1.88 bits per heavy atom. The van der Waals surface area contributed by atoms with Gasteiger partial charge in [0.1, 0.15) is 11.5 Å². The third-order valence-electron chi connectivity index (χ3n) is 2.96. The summed E-state index contributed by atoms with van der Waals surface area (Å²) >= 11 is 0. The number of nitrogens with zero attached hydrogens (tertiary/aromatic N) is 1. The summed E-state index contributed by atoms with van der Waals surface area (Å²) in [7, 11) is 3.21. The van der Waals surface area contributed by atoms with E-state index in [2.05, 4.69) is 6.07 Å². The van der Waals surface area contributed by atoms with Crippen molar-refractivity contribution in [3.05, 3.63) is 23.8 Å². The highest BCUT2D eigenvalue weighted by atomic mass is 16.5. The maximum atomic E-state index is 9.06. The van der Waals surface area contributed by atoms with Crippen LogP contribution in [0.5, 0.6) is 11.5 Å². The van der Waals surface area contributed by atoms with Crippen LogP contribution >= 0.6 is 0 Å². The van der Waals surface area contributed by atoms with Gasteiger partial charge in [0, 0.05) is 12.7 Å². The van der Waals surface area contributed by atoms with E-state index < -0.39 is 0 Å². The van der Waals surface area contributed by atoms with Gasteiger partial charge >= 0.3 is 0 Å². The number of nitriles is 1. The average molecular weight is 233 g/mol. The molecule has 90 valence electrons. The largest absolute Gasteiger partial charge is 0.497 e. The minimum Gasteiger partial charge on any atom is -0.497 e. The lowest BCUT2D eigenvalue weighted by Crippen LogP contribution is -2.06. The fraction of sp³-hybridized carbons (Fsp3) is 0.462. The van der Waals surface area contributed by atoms with Crippen LogP contribution in [-0.2, 0) is 4.74 Å².